The van der Waals surface area contributed by atoms with Gasteiger partial charge in [0.1, 0.15) is 0 Å². The number of carbonyl (C=O) groups is 1. The molecule has 0 aliphatic heterocycles. The molecule has 6 heteroatoms. The number of nitrogens with zero attached hydrogens (tertiary/aromatic N) is 2. The lowest BCUT2D eigenvalue weighted by atomic mass is 9.85. The molecule has 1 amide bonds. The molecular weight excluding hydrogens is 458 g/mol. The zero-order chi connectivity index (χ0) is 25.2. The molecule has 0 saturated heterocycles. The molecule has 0 radical (unpaired) electrons. The van der Waals surface area contributed by atoms with Gasteiger partial charge in [0, 0.05) is 70.7 Å². The SMILES string of the molecule is Cn1cc(/C=C/C(=O)Nc2ccccc2CC(c2c[nH]c3ccccc23)c2c[nH]c3ccccc23)cn1. The molecule has 0 spiro atoms. The molecule has 0 fully saturated rings. The second-order valence-electron chi connectivity index (χ2n) is 9.26. The Morgan fingerprint density at radius 2 is 1.54 bits per heavy atom. The van der Waals surface area contributed by atoms with E-state index in [0.717, 1.165) is 34.3 Å². The summed E-state index contributed by atoms with van der Waals surface area (Å²) in [6, 6.07) is 24.8. The first-order valence-electron chi connectivity index (χ1n) is 12.3. The molecule has 182 valence electrons. The Morgan fingerprint density at radius 3 is 2.19 bits per heavy atom. The lowest BCUT2D eigenvalue weighted by Gasteiger charge is -2.19. The lowest BCUT2D eigenvalue weighted by molar-refractivity contribution is -0.111. The van der Waals surface area contributed by atoms with Crippen molar-refractivity contribution in [2.24, 2.45) is 7.05 Å². The van der Waals surface area contributed by atoms with Gasteiger partial charge in [-0.3, -0.25) is 9.48 Å². The number of fused-ring (bicyclic) bond motifs is 2. The van der Waals surface area contributed by atoms with Crippen molar-refractivity contribution in [3.8, 4) is 0 Å². The summed E-state index contributed by atoms with van der Waals surface area (Å²) >= 11 is 0. The van der Waals surface area contributed by atoms with Gasteiger partial charge in [0.25, 0.3) is 0 Å². The van der Waals surface area contributed by atoms with E-state index in [1.54, 1.807) is 23.0 Å². The van der Waals surface area contributed by atoms with Crippen LogP contribution in [0.1, 0.15) is 28.2 Å². The molecule has 6 nitrogen and oxygen atoms in total. The topological polar surface area (TPSA) is 78.5 Å². The number of para-hydroxylation sites is 3. The quantitative estimate of drug-likeness (QED) is 0.229. The number of H-pyrrole nitrogens is 2. The molecule has 0 bridgehead atoms. The number of carbonyl (C=O) groups excluding carboxylic acids is 1. The van der Waals surface area contributed by atoms with Crippen LogP contribution in [0.25, 0.3) is 27.9 Å². The summed E-state index contributed by atoms with van der Waals surface area (Å²) in [6.07, 6.45) is 11.9. The highest BCUT2D eigenvalue weighted by atomic mass is 16.1. The predicted octanol–water partition coefficient (Wildman–Crippen LogP) is 6.41. The van der Waals surface area contributed by atoms with E-state index in [1.165, 1.54) is 21.9 Å². The third-order valence-corrected chi connectivity index (χ3v) is 6.84. The number of amides is 1. The molecular formula is C31H27N5O. The van der Waals surface area contributed by atoms with E-state index in [9.17, 15) is 4.79 Å². The molecule has 0 aliphatic rings. The number of aromatic amines is 2. The summed E-state index contributed by atoms with van der Waals surface area (Å²) in [5.41, 5.74) is 7.47. The van der Waals surface area contributed by atoms with Gasteiger partial charge in [0.15, 0.2) is 0 Å². The van der Waals surface area contributed by atoms with Crippen molar-refractivity contribution in [1.29, 1.82) is 0 Å². The largest absolute Gasteiger partial charge is 0.361 e. The van der Waals surface area contributed by atoms with Gasteiger partial charge in [-0.05, 0) is 47.4 Å². The van der Waals surface area contributed by atoms with E-state index in [2.05, 4.69) is 75.2 Å². The zero-order valence-electron chi connectivity index (χ0n) is 20.5. The lowest BCUT2D eigenvalue weighted by Crippen LogP contribution is -2.12. The van der Waals surface area contributed by atoms with Crippen LogP contribution in [0.5, 0.6) is 0 Å². The van der Waals surface area contributed by atoms with Gasteiger partial charge in [0.05, 0.1) is 6.20 Å². The highest BCUT2D eigenvalue weighted by molar-refractivity contribution is 6.02. The number of nitrogens with one attached hydrogen (secondary N) is 3. The van der Waals surface area contributed by atoms with E-state index in [-0.39, 0.29) is 11.8 Å². The minimum absolute atomic E-state index is 0.0799. The van der Waals surface area contributed by atoms with Crippen LogP contribution in [0.2, 0.25) is 0 Å². The Morgan fingerprint density at radius 1 is 0.919 bits per heavy atom. The Balaban J connectivity index is 1.36. The van der Waals surface area contributed by atoms with E-state index < -0.39 is 0 Å². The van der Waals surface area contributed by atoms with Crippen molar-refractivity contribution in [2.75, 3.05) is 5.32 Å². The highest BCUT2D eigenvalue weighted by Gasteiger charge is 2.23. The second-order valence-corrected chi connectivity index (χ2v) is 9.26. The third-order valence-electron chi connectivity index (χ3n) is 6.84. The maximum absolute atomic E-state index is 12.8. The van der Waals surface area contributed by atoms with Crippen LogP contribution in [-0.4, -0.2) is 25.7 Å². The standard InChI is InChI=1S/C31H27N5O/c1-36-20-21(17-34-36)14-15-31(37)35-28-11-5-2-8-22(28)16-25(26-18-32-29-12-6-3-9-23(26)29)27-19-33-30-13-7-4-10-24(27)30/h2-15,17-20,25,32-33H,16H2,1H3,(H,35,37)/b15-14+. The van der Waals surface area contributed by atoms with Crippen molar-refractivity contribution >= 4 is 39.5 Å². The van der Waals surface area contributed by atoms with Crippen molar-refractivity contribution in [3.05, 3.63) is 126 Å². The Kier molecular flexibility index (Phi) is 5.91. The maximum Gasteiger partial charge on any atom is 0.248 e. The molecule has 0 atom stereocenters. The molecule has 3 aromatic heterocycles. The van der Waals surface area contributed by atoms with Crippen molar-refractivity contribution in [1.82, 2.24) is 19.7 Å². The molecule has 3 aromatic carbocycles. The molecule has 3 heterocycles. The van der Waals surface area contributed by atoms with Gasteiger partial charge in [-0.25, -0.2) is 0 Å². The number of rotatable bonds is 7. The van der Waals surface area contributed by atoms with E-state index in [1.807, 2.05) is 43.6 Å². The van der Waals surface area contributed by atoms with Crippen LogP contribution in [0.15, 0.2) is 104 Å². The third kappa shape index (κ3) is 4.57. The van der Waals surface area contributed by atoms with Gasteiger partial charge >= 0.3 is 0 Å². The van der Waals surface area contributed by atoms with E-state index in [0.29, 0.717) is 0 Å². The van der Waals surface area contributed by atoms with Gasteiger partial charge in [-0.2, -0.15) is 5.10 Å². The summed E-state index contributed by atoms with van der Waals surface area (Å²) in [5, 5.41) is 9.65. The van der Waals surface area contributed by atoms with Gasteiger partial charge in [-0.1, -0.05) is 54.6 Å². The maximum atomic E-state index is 12.8. The van der Waals surface area contributed by atoms with Crippen molar-refractivity contribution in [3.63, 3.8) is 0 Å². The van der Waals surface area contributed by atoms with Crippen LogP contribution in [0.4, 0.5) is 5.69 Å². The van der Waals surface area contributed by atoms with Gasteiger partial charge < -0.3 is 15.3 Å². The number of hydrogen-bond donors (Lipinski definition) is 3. The fourth-order valence-electron chi connectivity index (χ4n) is 5.06. The van der Waals surface area contributed by atoms with Crippen molar-refractivity contribution in [2.45, 2.75) is 12.3 Å². The van der Waals surface area contributed by atoms with E-state index in [4.69, 9.17) is 0 Å². The number of aryl methyl sites for hydroxylation is 1. The van der Waals surface area contributed by atoms with Crippen LogP contribution in [-0.2, 0) is 18.3 Å². The normalized spacial score (nSPS) is 11.7. The van der Waals surface area contributed by atoms with Crippen LogP contribution >= 0.6 is 0 Å². The average Bonchev–Trinajstić information content (AvgIpc) is 3.65. The van der Waals surface area contributed by atoms with Gasteiger partial charge in [-0.15, -0.1) is 0 Å². The smallest absolute Gasteiger partial charge is 0.248 e. The fourth-order valence-corrected chi connectivity index (χ4v) is 5.06. The zero-order valence-corrected chi connectivity index (χ0v) is 20.5. The Hall–Kier alpha value is -4.84. The first-order valence-corrected chi connectivity index (χ1v) is 12.3. The predicted molar refractivity (Wildman–Crippen MR) is 149 cm³/mol. The molecule has 6 rings (SSSR count). The first-order chi connectivity index (χ1) is 18.2. The second kappa shape index (κ2) is 9.66. The van der Waals surface area contributed by atoms with Crippen LogP contribution in [0.3, 0.4) is 0 Å². The molecule has 0 aliphatic carbocycles. The average molecular weight is 486 g/mol. The summed E-state index contributed by atoms with van der Waals surface area (Å²) < 4.78 is 1.71. The van der Waals surface area contributed by atoms with E-state index >= 15 is 0 Å². The van der Waals surface area contributed by atoms with Crippen LogP contribution in [0, 0.1) is 0 Å². The molecule has 37 heavy (non-hydrogen) atoms. The number of anilines is 1. The number of hydrogen-bond acceptors (Lipinski definition) is 2. The molecule has 0 saturated carbocycles. The van der Waals surface area contributed by atoms with Crippen molar-refractivity contribution < 1.29 is 4.79 Å². The number of aromatic nitrogens is 4. The fraction of sp³-hybridized carbons (Fsp3) is 0.0968. The highest BCUT2D eigenvalue weighted by Crippen LogP contribution is 2.38. The summed E-state index contributed by atoms with van der Waals surface area (Å²) in [4.78, 5) is 19.7. The monoisotopic (exact) mass is 485 g/mol. The molecule has 6 aromatic rings. The van der Waals surface area contributed by atoms with Crippen LogP contribution < -0.4 is 5.32 Å². The van der Waals surface area contributed by atoms with Gasteiger partial charge in [0.2, 0.25) is 5.91 Å². The minimum Gasteiger partial charge on any atom is -0.361 e. The molecule has 3 N–H and O–H groups in total. The summed E-state index contributed by atoms with van der Waals surface area (Å²) in [5.74, 6) is -0.0941. The molecule has 0 unspecified atom stereocenters. The summed E-state index contributed by atoms with van der Waals surface area (Å²) in [6.45, 7) is 0. The first kappa shape index (κ1) is 22.6. The Bertz CT molecular complexity index is 1660. The summed E-state index contributed by atoms with van der Waals surface area (Å²) in [7, 11) is 1.85. The number of benzene rings is 3. The minimum atomic E-state index is -0.174. The Labute approximate surface area is 214 Å².